The van der Waals surface area contributed by atoms with Gasteiger partial charge in [0.2, 0.25) is 0 Å². The fraction of sp³-hybridized carbons (Fsp3) is 0.0606. The Kier molecular flexibility index (Phi) is 6.43. The van der Waals surface area contributed by atoms with E-state index in [2.05, 4.69) is 20.3 Å². The molecular formula is C33H25FN4O. The van der Waals surface area contributed by atoms with Crippen LogP contribution in [0.1, 0.15) is 28.9 Å². The number of nitrogens with one attached hydrogen (secondary N) is 2. The number of hydrogen-bond acceptors (Lipinski definition) is 3. The van der Waals surface area contributed by atoms with Crippen LogP contribution in [0, 0.1) is 5.82 Å². The summed E-state index contributed by atoms with van der Waals surface area (Å²) in [6.45, 7) is 1.88. The Balaban J connectivity index is 1.39. The number of pyridine rings is 1. The lowest BCUT2D eigenvalue weighted by molar-refractivity contribution is 0.0940. The van der Waals surface area contributed by atoms with Crippen LogP contribution in [-0.4, -0.2) is 20.9 Å². The van der Waals surface area contributed by atoms with E-state index in [1.165, 1.54) is 12.1 Å². The molecule has 2 heterocycles. The number of halogens is 1. The first-order chi connectivity index (χ1) is 19.1. The molecule has 6 heteroatoms. The Morgan fingerprint density at radius 3 is 2.36 bits per heavy atom. The van der Waals surface area contributed by atoms with Crippen LogP contribution in [0.4, 0.5) is 4.39 Å². The van der Waals surface area contributed by atoms with Crippen molar-refractivity contribution in [2.24, 2.45) is 0 Å². The summed E-state index contributed by atoms with van der Waals surface area (Å²) >= 11 is 0. The molecule has 0 aliphatic carbocycles. The van der Waals surface area contributed by atoms with Gasteiger partial charge in [-0.15, -0.1) is 0 Å². The molecule has 0 bridgehead atoms. The van der Waals surface area contributed by atoms with Gasteiger partial charge in [0, 0.05) is 28.3 Å². The zero-order chi connectivity index (χ0) is 26.8. The fourth-order valence-corrected chi connectivity index (χ4v) is 4.79. The summed E-state index contributed by atoms with van der Waals surface area (Å²) < 4.78 is 13.4. The lowest BCUT2D eigenvalue weighted by Gasteiger charge is -2.18. The van der Waals surface area contributed by atoms with Crippen molar-refractivity contribution >= 4 is 16.7 Å². The quantitative estimate of drug-likeness (QED) is 0.242. The van der Waals surface area contributed by atoms with E-state index < -0.39 is 0 Å². The number of nitrogens with zero attached hydrogens (tertiary/aromatic N) is 2. The highest BCUT2D eigenvalue weighted by Crippen LogP contribution is 2.35. The summed E-state index contributed by atoms with van der Waals surface area (Å²) in [5.74, 6) is 0.118. The molecule has 5 nitrogen and oxygen atoms in total. The van der Waals surface area contributed by atoms with E-state index in [1.807, 2.05) is 92.0 Å². The lowest BCUT2D eigenvalue weighted by atomic mass is 9.92. The van der Waals surface area contributed by atoms with E-state index in [0.29, 0.717) is 11.4 Å². The monoisotopic (exact) mass is 512 g/mol. The molecule has 4 aromatic carbocycles. The van der Waals surface area contributed by atoms with Gasteiger partial charge in [0.15, 0.2) is 5.82 Å². The third-order valence-corrected chi connectivity index (χ3v) is 6.83. The smallest absolute Gasteiger partial charge is 0.252 e. The van der Waals surface area contributed by atoms with Crippen LogP contribution in [-0.2, 0) is 0 Å². The predicted octanol–water partition coefficient (Wildman–Crippen LogP) is 7.59. The van der Waals surface area contributed by atoms with Crippen molar-refractivity contribution in [1.29, 1.82) is 0 Å². The Morgan fingerprint density at radius 2 is 1.56 bits per heavy atom. The number of benzene rings is 4. The minimum atomic E-state index is -0.311. The first kappa shape index (κ1) is 24.2. The van der Waals surface area contributed by atoms with E-state index in [0.717, 1.165) is 44.4 Å². The van der Waals surface area contributed by atoms with Gasteiger partial charge in [-0.3, -0.25) is 9.78 Å². The SMILES string of the molecule is C[C@@H](NC(=O)c1cccc(-c2cnc(-c3cc4ccccc4cn3)[nH]2)c1-c1ccccc1)c1ccc(F)cc1. The van der Waals surface area contributed by atoms with Crippen LogP contribution in [0.3, 0.4) is 0 Å². The summed E-state index contributed by atoms with van der Waals surface area (Å²) in [6.07, 6.45) is 3.62. The molecule has 0 spiro atoms. The molecule has 1 atom stereocenters. The van der Waals surface area contributed by atoms with Crippen molar-refractivity contribution in [2.45, 2.75) is 13.0 Å². The van der Waals surface area contributed by atoms with Gasteiger partial charge in [-0.05, 0) is 47.7 Å². The Labute approximate surface area is 225 Å². The second kappa shape index (κ2) is 10.3. The number of carbonyl (C=O) groups is 1. The van der Waals surface area contributed by atoms with E-state index in [4.69, 9.17) is 0 Å². The molecule has 0 saturated heterocycles. The molecule has 0 saturated carbocycles. The number of amides is 1. The highest BCUT2D eigenvalue weighted by atomic mass is 19.1. The zero-order valence-electron chi connectivity index (χ0n) is 21.2. The number of aromatic nitrogens is 3. The first-order valence-electron chi connectivity index (χ1n) is 12.7. The van der Waals surface area contributed by atoms with Crippen LogP contribution < -0.4 is 5.32 Å². The van der Waals surface area contributed by atoms with Gasteiger partial charge < -0.3 is 10.3 Å². The maximum atomic E-state index is 13.6. The summed E-state index contributed by atoms with van der Waals surface area (Å²) in [5.41, 5.74) is 5.43. The average Bonchev–Trinajstić information content (AvgIpc) is 3.47. The standard InChI is InChI=1S/C33H25FN4O/c1-21(22-14-16-26(34)17-15-22)37-33(39)28-13-7-12-27(31(28)23-8-3-2-4-9-23)30-20-36-32(38-30)29-18-24-10-5-6-11-25(24)19-35-29/h2-21H,1H3,(H,36,38)(H,37,39)/t21-/m1/s1. The third-order valence-electron chi connectivity index (χ3n) is 6.83. The summed E-state index contributed by atoms with van der Waals surface area (Å²) in [5, 5.41) is 5.22. The van der Waals surface area contributed by atoms with Crippen LogP contribution in [0.25, 0.3) is 44.7 Å². The van der Waals surface area contributed by atoms with Crippen LogP contribution in [0.15, 0.2) is 116 Å². The van der Waals surface area contributed by atoms with E-state index in [-0.39, 0.29) is 17.8 Å². The molecule has 190 valence electrons. The number of carbonyl (C=O) groups excluding carboxylic acids is 1. The molecule has 0 radical (unpaired) electrons. The molecular weight excluding hydrogens is 487 g/mol. The molecule has 2 aromatic heterocycles. The fourth-order valence-electron chi connectivity index (χ4n) is 4.79. The number of H-pyrrole nitrogens is 1. The molecule has 6 rings (SSSR count). The number of imidazole rings is 1. The third kappa shape index (κ3) is 4.92. The second-order valence-electron chi connectivity index (χ2n) is 9.40. The number of hydrogen-bond donors (Lipinski definition) is 2. The molecule has 6 aromatic rings. The molecule has 0 unspecified atom stereocenters. The van der Waals surface area contributed by atoms with Crippen molar-refractivity contribution in [1.82, 2.24) is 20.3 Å². The van der Waals surface area contributed by atoms with E-state index in [9.17, 15) is 9.18 Å². The normalized spacial score (nSPS) is 11.8. The van der Waals surface area contributed by atoms with Gasteiger partial charge in [0.25, 0.3) is 5.91 Å². The average molecular weight is 513 g/mol. The molecule has 0 aliphatic rings. The highest BCUT2D eigenvalue weighted by Gasteiger charge is 2.21. The summed E-state index contributed by atoms with van der Waals surface area (Å²) in [6, 6.07) is 31.4. The Morgan fingerprint density at radius 1 is 0.821 bits per heavy atom. The lowest BCUT2D eigenvalue weighted by Crippen LogP contribution is -2.27. The molecule has 1 amide bonds. The van der Waals surface area contributed by atoms with Gasteiger partial charge in [0.1, 0.15) is 11.5 Å². The topological polar surface area (TPSA) is 70.7 Å². The van der Waals surface area contributed by atoms with Gasteiger partial charge in [-0.2, -0.15) is 0 Å². The van der Waals surface area contributed by atoms with Crippen molar-refractivity contribution in [3.63, 3.8) is 0 Å². The largest absolute Gasteiger partial charge is 0.345 e. The first-order valence-corrected chi connectivity index (χ1v) is 12.7. The van der Waals surface area contributed by atoms with Crippen molar-refractivity contribution < 1.29 is 9.18 Å². The Hall–Kier alpha value is -5.10. The Bertz CT molecular complexity index is 1780. The maximum Gasteiger partial charge on any atom is 0.252 e. The van der Waals surface area contributed by atoms with Gasteiger partial charge in [-0.25, -0.2) is 9.37 Å². The molecule has 0 fully saturated rings. The van der Waals surface area contributed by atoms with Gasteiger partial charge >= 0.3 is 0 Å². The van der Waals surface area contributed by atoms with Crippen molar-refractivity contribution in [2.75, 3.05) is 0 Å². The summed E-state index contributed by atoms with van der Waals surface area (Å²) in [7, 11) is 0. The van der Waals surface area contributed by atoms with Crippen LogP contribution in [0.5, 0.6) is 0 Å². The van der Waals surface area contributed by atoms with Gasteiger partial charge in [0.05, 0.1) is 17.9 Å². The minimum Gasteiger partial charge on any atom is -0.345 e. The zero-order valence-corrected chi connectivity index (χ0v) is 21.2. The summed E-state index contributed by atoms with van der Waals surface area (Å²) in [4.78, 5) is 26.2. The molecule has 2 N–H and O–H groups in total. The highest BCUT2D eigenvalue weighted by molar-refractivity contribution is 6.04. The van der Waals surface area contributed by atoms with Gasteiger partial charge in [-0.1, -0.05) is 78.9 Å². The maximum absolute atomic E-state index is 13.6. The van der Waals surface area contributed by atoms with Crippen LogP contribution >= 0.6 is 0 Å². The van der Waals surface area contributed by atoms with Crippen LogP contribution in [0.2, 0.25) is 0 Å². The number of rotatable bonds is 6. The number of aromatic amines is 1. The van der Waals surface area contributed by atoms with E-state index in [1.54, 1.807) is 18.3 Å². The predicted molar refractivity (Wildman–Crippen MR) is 152 cm³/mol. The van der Waals surface area contributed by atoms with E-state index >= 15 is 0 Å². The minimum absolute atomic E-state index is 0.219. The molecule has 0 aliphatic heterocycles. The van der Waals surface area contributed by atoms with Crippen molar-refractivity contribution in [3.05, 3.63) is 132 Å². The van der Waals surface area contributed by atoms with Crippen molar-refractivity contribution in [3.8, 4) is 33.9 Å². The number of fused-ring (bicyclic) bond motifs is 1. The molecule has 39 heavy (non-hydrogen) atoms. The second-order valence-corrected chi connectivity index (χ2v) is 9.40.